The van der Waals surface area contributed by atoms with Gasteiger partial charge >= 0.3 is 0 Å². The van der Waals surface area contributed by atoms with E-state index in [1.165, 1.54) is 0 Å². The fraction of sp³-hybridized carbons (Fsp3) is 0.769. The van der Waals surface area contributed by atoms with Crippen molar-refractivity contribution in [2.45, 2.75) is 51.4 Å². The molecule has 0 aromatic rings. The Balaban J connectivity index is 1.87. The van der Waals surface area contributed by atoms with Crippen molar-refractivity contribution in [2.75, 3.05) is 0 Å². The van der Waals surface area contributed by atoms with Gasteiger partial charge in [0.25, 0.3) is 0 Å². The van der Waals surface area contributed by atoms with Crippen LogP contribution in [0.2, 0.25) is 0 Å². The summed E-state index contributed by atoms with van der Waals surface area (Å²) in [6.45, 7) is 0. The van der Waals surface area contributed by atoms with Crippen molar-refractivity contribution in [3.63, 3.8) is 0 Å². The van der Waals surface area contributed by atoms with Crippen molar-refractivity contribution in [3.05, 3.63) is 0 Å². The number of hydrogen-bond acceptors (Lipinski definition) is 3. The summed E-state index contributed by atoms with van der Waals surface area (Å²) < 4.78 is 0. The molecule has 0 spiro atoms. The van der Waals surface area contributed by atoms with Crippen LogP contribution in [0.1, 0.15) is 51.4 Å². The Bertz CT molecular complexity index is 269. The first kappa shape index (κ1) is 11.5. The van der Waals surface area contributed by atoms with Gasteiger partial charge in [0.2, 0.25) is 0 Å². The largest absolute Gasteiger partial charge is 0.300 e. The molecule has 2 aliphatic carbocycles. The minimum Gasteiger partial charge on any atom is -0.300 e. The van der Waals surface area contributed by atoms with E-state index in [1.54, 1.807) is 0 Å². The minimum atomic E-state index is 0.0934. The summed E-state index contributed by atoms with van der Waals surface area (Å²) in [7, 11) is 0. The van der Waals surface area contributed by atoms with Crippen LogP contribution in [0.5, 0.6) is 0 Å². The second-order valence-corrected chi connectivity index (χ2v) is 5.03. The number of carbonyl (C=O) groups excluding carboxylic acids is 3. The molecule has 3 nitrogen and oxygen atoms in total. The molecule has 0 amide bonds. The number of ketones is 3. The van der Waals surface area contributed by atoms with Crippen LogP contribution in [-0.2, 0) is 14.4 Å². The molecule has 0 aliphatic heterocycles. The molecule has 2 rings (SSSR count). The third-order valence-corrected chi connectivity index (χ3v) is 3.89. The summed E-state index contributed by atoms with van der Waals surface area (Å²) in [5.41, 5.74) is 0. The third kappa shape index (κ3) is 2.57. The second-order valence-electron chi connectivity index (χ2n) is 5.03. The van der Waals surface area contributed by atoms with Crippen LogP contribution in [0.25, 0.3) is 0 Å². The molecule has 0 radical (unpaired) electrons. The van der Waals surface area contributed by atoms with Crippen LogP contribution in [-0.4, -0.2) is 17.3 Å². The predicted molar refractivity (Wildman–Crippen MR) is 58.9 cm³/mol. The van der Waals surface area contributed by atoms with Gasteiger partial charge in [0, 0.05) is 37.5 Å². The first-order valence-corrected chi connectivity index (χ1v) is 6.24. The molecule has 88 valence electrons. The fourth-order valence-electron chi connectivity index (χ4n) is 2.78. The summed E-state index contributed by atoms with van der Waals surface area (Å²) >= 11 is 0. The van der Waals surface area contributed by atoms with Gasteiger partial charge in [-0.25, -0.2) is 0 Å². The summed E-state index contributed by atoms with van der Waals surface area (Å²) in [5, 5.41) is 0. The highest BCUT2D eigenvalue weighted by Gasteiger charge is 2.32. The smallest absolute Gasteiger partial charge is 0.139 e. The van der Waals surface area contributed by atoms with Gasteiger partial charge in [-0.2, -0.15) is 0 Å². The van der Waals surface area contributed by atoms with Crippen LogP contribution in [0.4, 0.5) is 0 Å². The molecule has 16 heavy (non-hydrogen) atoms. The van der Waals surface area contributed by atoms with Crippen molar-refractivity contribution < 1.29 is 14.4 Å². The summed E-state index contributed by atoms with van der Waals surface area (Å²) in [6.07, 6.45) is 5.24. The maximum absolute atomic E-state index is 12.1. The zero-order chi connectivity index (χ0) is 11.5. The van der Waals surface area contributed by atoms with Crippen LogP contribution >= 0.6 is 0 Å². The summed E-state index contributed by atoms with van der Waals surface area (Å²) in [5.74, 6) is 1.09. The highest BCUT2D eigenvalue weighted by molar-refractivity contribution is 5.89. The van der Waals surface area contributed by atoms with Gasteiger partial charge in [-0.15, -0.1) is 0 Å². The average molecular weight is 222 g/mol. The van der Waals surface area contributed by atoms with Crippen molar-refractivity contribution in [2.24, 2.45) is 11.8 Å². The normalized spacial score (nSPS) is 24.8. The Morgan fingerprint density at radius 2 is 1.06 bits per heavy atom. The molecular weight excluding hydrogens is 204 g/mol. The van der Waals surface area contributed by atoms with Crippen LogP contribution in [0, 0.1) is 11.8 Å². The Kier molecular flexibility index (Phi) is 3.52. The van der Waals surface area contributed by atoms with E-state index < -0.39 is 0 Å². The lowest BCUT2D eigenvalue weighted by atomic mass is 9.76. The van der Waals surface area contributed by atoms with Gasteiger partial charge in [-0.05, 0) is 25.7 Å². The van der Waals surface area contributed by atoms with Crippen molar-refractivity contribution in [1.29, 1.82) is 0 Å². The Hall–Kier alpha value is -0.990. The highest BCUT2D eigenvalue weighted by Crippen LogP contribution is 2.30. The molecular formula is C13H18O3. The molecule has 0 atom stereocenters. The van der Waals surface area contributed by atoms with Crippen molar-refractivity contribution >= 4 is 17.3 Å². The SMILES string of the molecule is O=C1CCC(C(=O)C2CCC(=O)CC2)CC1. The van der Waals surface area contributed by atoms with Gasteiger partial charge < -0.3 is 0 Å². The third-order valence-electron chi connectivity index (χ3n) is 3.89. The average Bonchev–Trinajstić information content (AvgIpc) is 2.30. The van der Waals surface area contributed by atoms with E-state index in [1.807, 2.05) is 0 Å². The lowest BCUT2D eigenvalue weighted by molar-refractivity contribution is -0.131. The number of rotatable bonds is 2. The van der Waals surface area contributed by atoms with Gasteiger partial charge in [0.1, 0.15) is 17.3 Å². The number of hydrogen-bond donors (Lipinski definition) is 0. The van der Waals surface area contributed by atoms with E-state index in [4.69, 9.17) is 0 Å². The van der Waals surface area contributed by atoms with Crippen LogP contribution < -0.4 is 0 Å². The number of Topliss-reactive ketones (excluding diaryl/α,β-unsaturated/α-hetero) is 3. The minimum absolute atomic E-state index is 0.0934. The molecule has 0 unspecified atom stereocenters. The topological polar surface area (TPSA) is 51.2 Å². The molecule has 3 heteroatoms. The lowest BCUT2D eigenvalue weighted by Gasteiger charge is -2.26. The summed E-state index contributed by atoms with van der Waals surface area (Å²) in [4.78, 5) is 34.3. The van der Waals surface area contributed by atoms with Crippen molar-refractivity contribution in [3.8, 4) is 0 Å². The Labute approximate surface area is 95.6 Å². The number of carbonyl (C=O) groups is 3. The molecule has 0 heterocycles. The molecule has 0 aromatic carbocycles. The molecule has 2 aliphatic rings. The van der Waals surface area contributed by atoms with Gasteiger partial charge in [-0.3, -0.25) is 14.4 Å². The molecule has 0 N–H and O–H groups in total. The van der Waals surface area contributed by atoms with Crippen LogP contribution in [0.15, 0.2) is 0 Å². The van der Waals surface area contributed by atoms with Crippen LogP contribution in [0.3, 0.4) is 0 Å². The maximum Gasteiger partial charge on any atom is 0.139 e. The Morgan fingerprint density at radius 1 is 0.750 bits per heavy atom. The zero-order valence-corrected chi connectivity index (χ0v) is 9.54. The van der Waals surface area contributed by atoms with E-state index in [2.05, 4.69) is 0 Å². The molecule has 0 saturated heterocycles. The van der Waals surface area contributed by atoms with Crippen molar-refractivity contribution in [1.82, 2.24) is 0 Å². The molecule has 0 bridgehead atoms. The first-order valence-electron chi connectivity index (χ1n) is 6.24. The monoisotopic (exact) mass is 222 g/mol. The second kappa shape index (κ2) is 4.89. The molecule has 0 aromatic heterocycles. The zero-order valence-electron chi connectivity index (χ0n) is 9.54. The Morgan fingerprint density at radius 3 is 1.38 bits per heavy atom. The fourth-order valence-corrected chi connectivity index (χ4v) is 2.78. The van der Waals surface area contributed by atoms with Gasteiger partial charge in [-0.1, -0.05) is 0 Å². The van der Waals surface area contributed by atoms with E-state index >= 15 is 0 Å². The molecule has 2 saturated carbocycles. The molecule has 2 fully saturated rings. The quantitative estimate of drug-likeness (QED) is 0.718. The van der Waals surface area contributed by atoms with E-state index in [0.29, 0.717) is 43.0 Å². The van der Waals surface area contributed by atoms with E-state index in [9.17, 15) is 14.4 Å². The standard InChI is InChI=1S/C13H18O3/c14-11-5-1-9(2-6-11)13(16)10-3-7-12(15)8-4-10/h9-10H,1-8H2. The van der Waals surface area contributed by atoms with Gasteiger partial charge in [0.05, 0.1) is 0 Å². The van der Waals surface area contributed by atoms with E-state index in [0.717, 1.165) is 25.7 Å². The lowest BCUT2D eigenvalue weighted by Crippen LogP contribution is -2.30. The highest BCUT2D eigenvalue weighted by atomic mass is 16.1. The van der Waals surface area contributed by atoms with E-state index in [-0.39, 0.29) is 11.8 Å². The van der Waals surface area contributed by atoms with Gasteiger partial charge in [0.15, 0.2) is 0 Å². The maximum atomic E-state index is 12.1. The summed E-state index contributed by atoms with van der Waals surface area (Å²) in [6, 6.07) is 0. The predicted octanol–water partition coefficient (Wildman–Crippen LogP) is 2.07. The first-order chi connectivity index (χ1) is 7.66.